The topological polar surface area (TPSA) is 85.2 Å². The summed E-state index contributed by atoms with van der Waals surface area (Å²) in [6.45, 7) is 0. The summed E-state index contributed by atoms with van der Waals surface area (Å²) in [7, 11) is 4.50. The number of allylic oxidation sites excluding steroid dienone is 1. The molecule has 2 rings (SSSR count). The minimum atomic E-state index is -0.550. The SMILES string of the molecule is COc1cc(OC)c(/C=C/C(=O)c2c(O)cccc2O)c(OC)c1. The molecule has 0 bridgehead atoms. The van der Waals surface area contributed by atoms with Gasteiger partial charge in [0.15, 0.2) is 5.78 Å². The van der Waals surface area contributed by atoms with Crippen LogP contribution in [0.1, 0.15) is 15.9 Å². The van der Waals surface area contributed by atoms with E-state index < -0.39 is 5.78 Å². The van der Waals surface area contributed by atoms with Crippen molar-refractivity contribution in [1.29, 1.82) is 0 Å². The highest BCUT2D eigenvalue weighted by Crippen LogP contribution is 2.35. The summed E-state index contributed by atoms with van der Waals surface area (Å²) < 4.78 is 15.8. The van der Waals surface area contributed by atoms with Crippen LogP contribution in [0.3, 0.4) is 0 Å². The molecule has 0 unspecified atom stereocenters. The molecule has 24 heavy (non-hydrogen) atoms. The summed E-state index contributed by atoms with van der Waals surface area (Å²) in [5.41, 5.74) is 0.365. The van der Waals surface area contributed by atoms with Crippen molar-refractivity contribution in [3.8, 4) is 28.7 Å². The van der Waals surface area contributed by atoms with Crippen LogP contribution in [0.2, 0.25) is 0 Å². The van der Waals surface area contributed by atoms with Gasteiger partial charge in [-0.05, 0) is 24.3 Å². The number of hydrogen-bond acceptors (Lipinski definition) is 6. The van der Waals surface area contributed by atoms with Crippen molar-refractivity contribution in [2.75, 3.05) is 21.3 Å². The first-order chi connectivity index (χ1) is 11.5. The summed E-state index contributed by atoms with van der Waals surface area (Å²) >= 11 is 0. The van der Waals surface area contributed by atoms with Gasteiger partial charge in [0.05, 0.1) is 26.9 Å². The minimum Gasteiger partial charge on any atom is -0.507 e. The lowest BCUT2D eigenvalue weighted by Crippen LogP contribution is -1.97. The average molecular weight is 330 g/mol. The molecule has 6 heteroatoms. The first kappa shape index (κ1) is 17.2. The van der Waals surface area contributed by atoms with Crippen LogP contribution in [0.5, 0.6) is 28.7 Å². The standard InChI is InChI=1S/C18H18O6/c1-22-11-9-16(23-2)12(17(10-11)24-3)7-8-15(21)18-13(19)5-4-6-14(18)20/h4-10,19-20H,1-3H3/b8-7+. The van der Waals surface area contributed by atoms with Crippen LogP contribution in [0.4, 0.5) is 0 Å². The fourth-order valence-electron chi connectivity index (χ4n) is 2.22. The highest BCUT2D eigenvalue weighted by atomic mass is 16.5. The van der Waals surface area contributed by atoms with Crippen LogP contribution in [0.15, 0.2) is 36.4 Å². The van der Waals surface area contributed by atoms with E-state index in [1.54, 1.807) is 12.1 Å². The van der Waals surface area contributed by atoms with Crippen molar-refractivity contribution in [1.82, 2.24) is 0 Å². The molecule has 0 atom stereocenters. The van der Waals surface area contributed by atoms with Crippen molar-refractivity contribution >= 4 is 11.9 Å². The predicted molar refractivity (Wildman–Crippen MR) is 89.2 cm³/mol. The fourth-order valence-corrected chi connectivity index (χ4v) is 2.22. The number of carbonyl (C=O) groups is 1. The first-order valence-electron chi connectivity index (χ1n) is 7.05. The Morgan fingerprint density at radius 2 is 1.50 bits per heavy atom. The van der Waals surface area contributed by atoms with Gasteiger partial charge < -0.3 is 24.4 Å². The highest BCUT2D eigenvalue weighted by molar-refractivity contribution is 6.10. The molecular formula is C18H18O6. The van der Waals surface area contributed by atoms with Crippen LogP contribution < -0.4 is 14.2 Å². The lowest BCUT2D eigenvalue weighted by molar-refractivity contribution is 0.104. The van der Waals surface area contributed by atoms with Gasteiger partial charge in [0, 0.05) is 12.1 Å². The van der Waals surface area contributed by atoms with Gasteiger partial charge in [0.2, 0.25) is 0 Å². The summed E-state index contributed by atoms with van der Waals surface area (Å²) in [6, 6.07) is 7.42. The molecule has 0 saturated carbocycles. The molecule has 0 aliphatic heterocycles. The molecule has 0 heterocycles. The van der Waals surface area contributed by atoms with Crippen LogP contribution in [0, 0.1) is 0 Å². The molecule has 6 nitrogen and oxygen atoms in total. The number of aromatic hydroxyl groups is 2. The molecule has 0 saturated heterocycles. The zero-order chi connectivity index (χ0) is 17.7. The summed E-state index contributed by atoms with van der Waals surface area (Å²) in [5.74, 6) is 0.321. The Kier molecular flexibility index (Phi) is 5.31. The largest absolute Gasteiger partial charge is 0.507 e. The molecular weight excluding hydrogens is 312 g/mol. The number of phenolic OH excluding ortho intramolecular Hbond substituents is 2. The fraction of sp³-hybridized carbons (Fsp3) is 0.167. The summed E-state index contributed by atoms with van der Waals surface area (Å²) in [6.07, 6.45) is 2.72. The molecule has 126 valence electrons. The number of phenols is 2. The lowest BCUT2D eigenvalue weighted by Gasteiger charge is -2.12. The van der Waals surface area contributed by atoms with Crippen molar-refractivity contribution in [2.24, 2.45) is 0 Å². The van der Waals surface area contributed by atoms with E-state index >= 15 is 0 Å². The van der Waals surface area contributed by atoms with Gasteiger partial charge in [-0.3, -0.25) is 4.79 Å². The van der Waals surface area contributed by atoms with E-state index in [1.165, 1.54) is 51.7 Å². The maximum atomic E-state index is 12.3. The van der Waals surface area contributed by atoms with Crippen molar-refractivity contribution < 1.29 is 29.2 Å². The summed E-state index contributed by atoms with van der Waals surface area (Å²) in [4.78, 5) is 12.3. The molecule has 2 N–H and O–H groups in total. The quantitative estimate of drug-likeness (QED) is 0.625. The monoisotopic (exact) mass is 330 g/mol. The van der Waals surface area contributed by atoms with Gasteiger partial charge >= 0.3 is 0 Å². The Labute approximate surface area is 139 Å². The second-order valence-corrected chi connectivity index (χ2v) is 4.81. The molecule has 0 aliphatic rings. The Balaban J connectivity index is 2.43. The third kappa shape index (κ3) is 3.43. The third-order valence-electron chi connectivity index (χ3n) is 3.42. The third-order valence-corrected chi connectivity index (χ3v) is 3.42. The average Bonchev–Trinajstić information content (AvgIpc) is 2.58. The predicted octanol–water partition coefficient (Wildman–Crippen LogP) is 3.02. The normalized spacial score (nSPS) is 10.6. The smallest absolute Gasteiger partial charge is 0.193 e. The highest BCUT2D eigenvalue weighted by Gasteiger charge is 2.15. The number of ether oxygens (including phenoxy) is 3. The molecule has 0 aromatic heterocycles. The maximum absolute atomic E-state index is 12.3. The van der Waals surface area contributed by atoms with Crippen LogP contribution in [-0.2, 0) is 0 Å². The first-order valence-corrected chi connectivity index (χ1v) is 7.05. The molecule has 0 amide bonds. The van der Waals surface area contributed by atoms with Crippen molar-refractivity contribution in [3.05, 3.63) is 47.5 Å². The molecule has 0 fully saturated rings. The maximum Gasteiger partial charge on any atom is 0.193 e. The van der Waals surface area contributed by atoms with Gasteiger partial charge in [-0.1, -0.05) is 6.07 Å². The number of ketones is 1. The van der Waals surface area contributed by atoms with Gasteiger partial charge in [0.1, 0.15) is 34.3 Å². The Morgan fingerprint density at radius 3 is 1.96 bits per heavy atom. The zero-order valence-electron chi connectivity index (χ0n) is 13.6. The number of methoxy groups -OCH3 is 3. The Bertz CT molecular complexity index is 734. The number of benzene rings is 2. The number of carbonyl (C=O) groups excluding carboxylic acids is 1. The van der Waals surface area contributed by atoms with E-state index in [4.69, 9.17) is 14.2 Å². The molecule has 0 aliphatic carbocycles. The van der Waals surface area contributed by atoms with Gasteiger partial charge in [-0.2, -0.15) is 0 Å². The Morgan fingerprint density at radius 1 is 0.958 bits per heavy atom. The molecule has 2 aromatic rings. The summed E-state index contributed by atoms with van der Waals surface area (Å²) in [5, 5.41) is 19.5. The van der Waals surface area contributed by atoms with E-state index in [1.807, 2.05) is 0 Å². The van der Waals surface area contributed by atoms with Crippen LogP contribution in [-0.4, -0.2) is 37.3 Å². The van der Waals surface area contributed by atoms with Gasteiger partial charge in [0.25, 0.3) is 0 Å². The van der Waals surface area contributed by atoms with Gasteiger partial charge in [-0.25, -0.2) is 0 Å². The van der Waals surface area contributed by atoms with E-state index in [2.05, 4.69) is 0 Å². The van der Waals surface area contributed by atoms with E-state index in [-0.39, 0.29) is 17.1 Å². The number of hydrogen-bond donors (Lipinski definition) is 2. The number of rotatable bonds is 6. The van der Waals surface area contributed by atoms with E-state index in [0.717, 1.165) is 0 Å². The van der Waals surface area contributed by atoms with Crippen LogP contribution >= 0.6 is 0 Å². The lowest BCUT2D eigenvalue weighted by atomic mass is 10.1. The van der Waals surface area contributed by atoms with Crippen molar-refractivity contribution in [3.63, 3.8) is 0 Å². The zero-order valence-corrected chi connectivity index (χ0v) is 13.6. The Hall–Kier alpha value is -3.15. The van der Waals surface area contributed by atoms with E-state index in [0.29, 0.717) is 22.8 Å². The molecule has 0 spiro atoms. The molecule has 0 radical (unpaired) electrons. The minimum absolute atomic E-state index is 0.166. The molecule has 2 aromatic carbocycles. The van der Waals surface area contributed by atoms with Crippen molar-refractivity contribution in [2.45, 2.75) is 0 Å². The van der Waals surface area contributed by atoms with Gasteiger partial charge in [-0.15, -0.1) is 0 Å². The van der Waals surface area contributed by atoms with E-state index in [9.17, 15) is 15.0 Å². The second-order valence-electron chi connectivity index (χ2n) is 4.81. The second kappa shape index (κ2) is 7.41. The van der Waals surface area contributed by atoms with Crippen LogP contribution in [0.25, 0.3) is 6.08 Å².